The van der Waals surface area contributed by atoms with E-state index in [9.17, 15) is 0 Å². The maximum absolute atomic E-state index is 5.41. The summed E-state index contributed by atoms with van der Waals surface area (Å²) in [4.78, 5) is 5.41. The van der Waals surface area contributed by atoms with E-state index in [1.165, 1.54) is 54.8 Å². The molecule has 0 aliphatic heterocycles. The molecule has 0 radical (unpaired) electrons. The number of aryl methyl sites for hydroxylation is 2. The third kappa shape index (κ3) is 2.73. The summed E-state index contributed by atoms with van der Waals surface area (Å²) in [6, 6.07) is 24.2. The van der Waals surface area contributed by atoms with Gasteiger partial charge in [0.2, 0.25) is 0 Å². The molecule has 0 saturated heterocycles. The highest BCUT2D eigenvalue weighted by molar-refractivity contribution is 6.30. The largest absolute Gasteiger partial charge is 0.342 e. The first-order valence-corrected chi connectivity index (χ1v) is 12.3. The van der Waals surface area contributed by atoms with Crippen molar-refractivity contribution in [3.05, 3.63) is 77.9 Å². The topological polar surface area (TPSA) is 22.8 Å². The van der Waals surface area contributed by atoms with Crippen molar-refractivity contribution in [2.75, 3.05) is 0 Å². The summed E-state index contributed by atoms with van der Waals surface area (Å²) in [5.41, 5.74) is 8.81. The minimum absolute atomic E-state index is 0.419. The van der Waals surface area contributed by atoms with E-state index in [-0.39, 0.29) is 0 Å². The average molecular weight is 446 g/mol. The maximum atomic E-state index is 5.41. The van der Waals surface area contributed by atoms with Crippen molar-refractivity contribution >= 4 is 43.6 Å². The fraction of sp³-hybridized carbons (Fsp3) is 0.258. The Kier molecular flexibility index (Phi) is 4.60. The number of benzene rings is 4. The SMILES string of the molecule is CC(C)c1cccc(C(C)C)c1-c1nc2c3ccccc3c3c4ccccc4n(C)c3c2n1C. The first kappa shape index (κ1) is 21.0. The highest BCUT2D eigenvalue weighted by atomic mass is 15.1. The predicted molar refractivity (Wildman–Crippen MR) is 146 cm³/mol. The minimum atomic E-state index is 0.419. The van der Waals surface area contributed by atoms with Crippen LogP contribution in [0.1, 0.15) is 50.7 Å². The average Bonchev–Trinajstić information content (AvgIpc) is 3.33. The van der Waals surface area contributed by atoms with Crippen LogP contribution in [-0.4, -0.2) is 14.1 Å². The van der Waals surface area contributed by atoms with Crippen LogP contribution in [-0.2, 0) is 14.1 Å². The number of rotatable bonds is 3. The molecule has 2 aromatic heterocycles. The Labute approximate surface area is 200 Å². The number of nitrogens with zero attached hydrogens (tertiary/aromatic N) is 3. The molecule has 0 spiro atoms. The van der Waals surface area contributed by atoms with Gasteiger partial charge in [0.25, 0.3) is 0 Å². The van der Waals surface area contributed by atoms with Gasteiger partial charge in [0.15, 0.2) is 0 Å². The van der Waals surface area contributed by atoms with Gasteiger partial charge in [0.05, 0.1) is 16.6 Å². The molecule has 0 bridgehead atoms. The van der Waals surface area contributed by atoms with E-state index in [0.29, 0.717) is 11.8 Å². The lowest BCUT2D eigenvalue weighted by Gasteiger charge is -2.19. The first-order chi connectivity index (χ1) is 16.4. The monoisotopic (exact) mass is 445 g/mol. The molecule has 6 rings (SSSR count). The Morgan fingerprint density at radius 3 is 1.85 bits per heavy atom. The van der Waals surface area contributed by atoms with Crippen LogP contribution in [0.2, 0.25) is 0 Å². The number of para-hydroxylation sites is 1. The smallest absolute Gasteiger partial charge is 0.141 e. The van der Waals surface area contributed by atoms with E-state index < -0.39 is 0 Å². The molecule has 0 atom stereocenters. The molecule has 0 saturated carbocycles. The first-order valence-electron chi connectivity index (χ1n) is 12.3. The number of imidazole rings is 1. The van der Waals surface area contributed by atoms with E-state index in [1.807, 2.05) is 0 Å². The minimum Gasteiger partial charge on any atom is -0.342 e. The molecule has 2 heterocycles. The van der Waals surface area contributed by atoms with E-state index in [1.54, 1.807) is 0 Å². The molecule has 0 unspecified atom stereocenters. The molecular weight excluding hydrogens is 414 g/mol. The second-order valence-corrected chi connectivity index (χ2v) is 10.2. The summed E-state index contributed by atoms with van der Waals surface area (Å²) in [6.45, 7) is 9.12. The van der Waals surface area contributed by atoms with Crippen LogP contribution in [0.15, 0.2) is 66.7 Å². The third-order valence-electron chi connectivity index (χ3n) is 7.47. The van der Waals surface area contributed by atoms with Crippen LogP contribution < -0.4 is 0 Å². The Morgan fingerprint density at radius 1 is 0.618 bits per heavy atom. The maximum Gasteiger partial charge on any atom is 0.141 e. The Bertz CT molecular complexity index is 1700. The molecule has 0 aliphatic carbocycles. The van der Waals surface area contributed by atoms with Gasteiger partial charge in [0.1, 0.15) is 5.82 Å². The third-order valence-corrected chi connectivity index (χ3v) is 7.47. The zero-order valence-corrected chi connectivity index (χ0v) is 20.8. The van der Waals surface area contributed by atoms with Gasteiger partial charge in [-0.25, -0.2) is 4.98 Å². The van der Waals surface area contributed by atoms with Crippen molar-refractivity contribution in [1.29, 1.82) is 0 Å². The van der Waals surface area contributed by atoms with Crippen molar-refractivity contribution in [3.8, 4) is 11.4 Å². The van der Waals surface area contributed by atoms with Gasteiger partial charge >= 0.3 is 0 Å². The molecule has 0 aliphatic rings. The molecule has 3 nitrogen and oxygen atoms in total. The summed E-state index contributed by atoms with van der Waals surface area (Å²) in [5, 5.41) is 5.10. The zero-order valence-electron chi connectivity index (χ0n) is 20.8. The van der Waals surface area contributed by atoms with Crippen molar-refractivity contribution in [1.82, 2.24) is 14.1 Å². The second-order valence-electron chi connectivity index (χ2n) is 10.2. The van der Waals surface area contributed by atoms with Crippen LogP contribution in [0.5, 0.6) is 0 Å². The van der Waals surface area contributed by atoms with Crippen molar-refractivity contribution in [2.24, 2.45) is 14.1 Å². The molecule has 3 heteroatoms. The zero-order chi connectivity index (χ0) is 23.7. The van der Waals surface area contributed by atoms with Crippen LogP contribution in [0, 0.1) is 0 Å². The van der Waals surface area contributed by atoms with Crippen LogP contribution in [0.4, 0.5) is 0 Å². The predicted octanol–water partition coefficient (Wildman–Crippen LogP) is 8.29. The van der Waals surface area contributed by atoms with E-state index in [2.05, 4.69) is 118 Å². The summed E-state index contributed by atoms with van der Waals surface area (Å²) < 4.78 is 4.69. The lowest BCUT2D eigenvalue weighted by atomic mass is 9.88. The van der Waals surface area contributed by atoms with Crippen molar-refractivity contribution < 1.29 is 0 Å². The quantitative estimate of drug-likeness (QED) is 0.269. The van der Waals surface area contributed by atoms with E-state index >= 15 is 0 Å². The Hall–Kier alpha value is -3.59. The summed E-state index contributed by atoms with van der Waals surface area (Å²) in [6.07, 6.45) is 0. The molecule has 0 amide bonds. The normalized spacial score (nSPS) is 12.4. The van der Waals surface area contributed by atoms with Gasteiger partial charge in [-0.05, 0) is 34.4 Å². The van der Waals surface area contributed by atoms with Crippen LogP contribution >= 0.6 is 0 Å². The fourth-order valence-electron chi connectivity index (χ4n) is 5.84. The summed E-state index contributed by atoms with van der Waals surface area (Å²) >= 11 is 0. The highest BCUT2D eigenvalue weighted by Crippen LogP contribution is 2.43. The van der Waals surface area contributed by atoms with Crippen LogP contribution in [0.25, 0.3) is 55.0 Å². The lowest BCUT2D eigenvalue weighted by molar-refractivity contribution is 0.827. The second kappa shape index (κ2) is 7.46. The van der Waals surface area contributed by atoms with E-state index in [4.69, 9.17) is 4.98 Å². The summed E-state index contributed by atoms with van der Waals surface area (Å²) in [7, 11) is 4.38. The van der Waals surface area contributed by atoms with E-state index in [0.717, 1.165) is 11.3 Å². The lowest BCUT2D eigenvalue weighted by Crippen LogP contribution is -2.04. The molecular formula is C31H31N3. The Balaban J connectivity index is 1.87. The number of hydrogen-bond donors (Lipinski definition) is 0. The number of aromatic nitrogens is 3. The molecule has 6 aromatic rings. The Morgan fingerprint density at radius 2 is 1.21 bits per heavy atom. The molecule has 0 fully saturated rings. The molecule has 170 valence electrons. The van der Waals surface area contributed by atoms with Gasteiger partial charge < -0.3 is 9.13 Å². The fourth-order valence-corrected chi connectivity index (χ4v) is 5.84. The van der Waals surface area contributed by atoms with Gasteiger partial charge in [-0.3, -0.25) is 0 Å². The molecule has 0 N–H and O–H groups in total. The number of fused-ring (bicyclic) bond motifs is 8. The number of hydrogen-bond acceptors (Lipinski definition) is 1. The van der Waals surface area contributed by atoms with Gasteiger partial charge in [-0.2, -0.15) is 0 Å². The molecule has 34 heavy (non-hydrogen) atoms. The summed E-state index contributed by atoms with van der Waals surface area (Å²) in [5.74, 6) is 1.90. The molecule has 4 aromatic carbocycles. The van der Waals surface area contributed by atoms with Gasteiger partial charge in [-0.15, -0.1) is 0 Å². The van der Waals surface area contributed by atoms with Crippen LogP contribution in [0.3, 0.4) is 0 Å². The van der Waals surface area contributed by atoms with Gasteiger partial charge in [-0.1, -0.05) is 88.4 Å². The highest BCUT2D eigenvalue weighted by Gasteiger charge is 2.24. The van der Waals surface area contributed by atoms with Crippen molar-refractivity contribution in [2.45, 2.75) is 39.5 Å². The van der Waals surface area contributed by atoms with Crippen molar-refractivity contribution in [3.63, 3.8) is 0 Å². The standard InChI is InChI=1S/C31H31N3/c1-18(2)20-15-11-16-21(19(3)4)27(20)31-32-28-23-13-8-7-12-22(23)26-24-14-9-10-17-25(24)33(5)29(26)30(28)34(31)6/h7-19H,1-6H3. The van der Waals surface area contributed by atoms with Gasteiger partial charge in [0, 0.05) is 41.3 Å².